The molecule has 1 N–H and O–H groups in total. The number of hydrogen-bond acceptors (Lipinski definition) is 5. The number of aromatic nitrogens is 1. The number of carbonyl (C=O) groups excluding carboxylic acids is 2. The van der Waals surface area contributed by atoms with Crippen LogP contribution in [0, 0.1) is 11.8 Å². The zero-order valence-corrected chi connectivity index (χ0v) is 24.2. The van der Waals surface area contributed by atoms with Gasteiger partial charge in [-0.3, -0.25) is 4.79 Å². The van der Waals surface area contributed by atoms with E-state index >= 15 is 0 Å². The molecule has 1 aliphatic heterocycles. The van der Waals surface area contributed by atoms with E-state index in [2.05, 4.69) is 45.2 Å². The Labute approximate surface area is 233 Å². The van der Waals surface area contributed by atoms with Crippen molar-refractivity contribution in [2.24, 2.45) is 11.8 Å². The maximum Gasteiger partial charge on any atom is 0.410 e. The summed E-state index contributed by atoms with van der Waals surface area (Å²) in [6.45, 7) is 10.1. The van der Waals surface area contributed by atoms with Crippen molar-refractivity contribution in [1.29, 1.82) is 0 Å². The van der Waals surface area contributed by atoms with E-state index in [1.54, 1.807) is 7.11 Å². The van der Waals surface area contributed by atoms with E-state index < -0.39 is 5.60 Å². The van der Waals surface area contributed by atoms with E-state index in [0.29, 0.717) is 38.0 Å². The van der Waals surface area contributed by atoms with Gasteiger partial charge >= 0.3 is 6.09 Å². The Balaban J connectivity index is 1.31. The lowest BCUT2D eigenvalue weighted by Gasteiger charge is -2.39. The van der Waals surface area contributed by atoms with E-state index in [0.717, 1.165) is 51.8 Å². The van der Waals surface area contributed by atoms with Crippen molar-refractivity contribution in [3.8, 4) is 0 Å². The second-order valence-corrected chi connectivity index (χ2v) is 12.7. The lowest BCUT2D eigenvalue weighted by atomic mass is 9.93. The third-order valence-corrected chi connectivity index (χ3v) is 8.13. The van der Waals surface area contributed by atoms with Crippen molar-refractivity contribution < 1.29 is 19.1 Å². The molecule has 2 aromatic rings. The summed E-state index contributed by atoms with van der Waals surface area (Å²) in [4.78, 5) is 31.3. The van der Waals surface area contributed by atoms with Crippen molar-refractivity contribution >= 4 is 22.9 Å². The van der Waals surface area contributed by atoms with Crippen LogP contribution in [0.4, 0.5) is 4.79 Å². The number of amides is 2. The van der Waals surface area contributed by atoms with E-state index in [1.165, 1.54) is 16.5 Å². The number of ether oxygens (including phenoxy) is 2. The molecule has 0 radical (unpaired) electrons. The number of piperidine rings is 1. The van der Waals surface area contributed by atoms with E-state index in [4.69, 9.17) is 9.47 Å². The highest BCUT2D eigenvalue weighted by Gasteiger charge is 2.41. The molecule has 1 aromatic heterocycles. The SMILES string of the molecule is COCCCn1cc(CN(C(=O)[C@H]2CNC[C@@H](N(CC3CC3)C(=O)OC(C)(C)C)C2)C2CC2)c2ccccc21. The monoisotopic (exact) mass is 538 g/mol. The van der Waals surface area contributed by atoms with Crippen molar-refractivity contribution in [3.05, 3.63) is 36.0 Å². The van der Waals surface area contributed by atoms with Gasteiger partial charge in [0.05, 0.1) is 5.92 Å². The molecule has 2 aliphatic carbocycles. The van der Waals surface area contributed by atoms with Gasteiger partial charge in [0.15, 0.2) is 0 Å². The fourth-order valence-corrected chi connectivity index (χ4v) is 5.82. The van der Waals surface area contributed by atoms with Gasteiger partial charge in [0, 0.05) is 75.6 Å². The predicted molar refractivity (Wildman–Crippen MR) is 152 cm³/mol. The van der Waals surface area contributed by atoms with Crippen molar-refractivity contribution in [2.45, 2.75) is 90.1 Å². The van der Waals surface area contributed by atoms with E-state index in [1.807, 2.05) is 25.7 Å². The first-order valence-corrected chi connectivity index (χ1v) is 14.8. The summed E-state index contributed by atoms with van der Waals surface area (Å²) in [5.41, 5.74) is 1.87. The Hall–Kier alpha value is -2.58. The van der Waals surface area contributed by atoms with Gasteiger partial charge in [0.25, 0.3) is 0 Å². The van der Waals surface area contributed by atoms with Crippen LogP contribution in [0.25, 0.3) is 10.9 Å². The maximum absolute atomic E-state index is 14.1. The average molecular weight is 539 g/mol. The summed E-state index contributed by atoms with van der Waals surface area (Å²) in [6, 6.07) is 8.76. The normalized spacial score (nSPS) is 21.6. The van der Waals surface area contributed by atoms with Crippen LogP contribution in [0.3, 0.4) is 0 Å². The predicted octanol–water partition coefficient (Wildman–Crippen LogP) is 4.79. The molecule has 2 atom stereocenters. The molecule has 3 fully saturated rings. The highest BCUT2D eigenvalue weighted by molar-refractivity contribution is 5.85. The van der Waals surface area contributed by atoms with Gasteiger partial charge in [0.2, 0.25) is 5.91 Å². The molecular weight excluding hydrogens is 492 g/mol. The van der Waals surface area contributed by atoms with Gasteiger partial charge in [-0.2, -0.15) is 0 Å². The molecule has 2 amide bonds. The van der Waals surface area contributed by atoms with E-state index in [9.17, 15) is 9.59 Å². The number of hydrogen-bond donors (Lipinski definition) is 1. The van der Waals surface area contributed by atoms with Crippen LogP contribution in [-0.2, 0) is 27.4 Å². The van der Waals surface area contributed by atoms with Crippen LogP contribution in [0.5, 0.6) is 0 Å². The lowest BCUT2D eigenvalue weighted by molar-refractivity contribution is -0.138. The number of fused-ring (bicyclic) bond motifs is 1. The summed E-state index contributed by atoms with van der Waals surface area (Å²) >= 11 is 0. The summed E-state index contributed by atoms with van der Waals surface area (Å²) in [5, 5.41) is 4.70. The second kappa shape index (κ2) is 11.9. The standard InChI is InChI=1S/C31H46N4O4/c1-31(2,3)39-30(37)35(19-22-10-11-22)26-16-23(17-32-18-26)29(36)34(25-12-13-25)21-24-20-33(14-7-15-38-4)28-9-6-5-8-27(24)28/h5-6,8-9,20,22-23,25-26,32H,7,10-19,21H2,1-4H3/t23-,26+/m1/s1. The minimum absolute atomic E-state index is 0.0353. The summed E-state index contributed by atoms with van der Waals surface area (Å²) in [5.74, 6) is 0.614. The lowest BCUT2D eigenvalue weighted by Crippen LogP contribution is -2.55. The molecule has 0 unspecified atom stereocenters. The van der Waals surface area contributed by atoms with Crippen LogP contribution in [-0.4, -0.2) is 77.4 Å². The summed E-state index contributed by atoms with van der Waals surface area (Å²) in [6.07, 6.45) is 8.05. The number of rotatable bonds is 11. The average Bonchev–Trinajstić information content (AvgIpc) is 3.84. The van der Waals surface area contributed by atoms with E-state index in [-0.39, 0.29) is 24.0 Å². The maximum atomic E-state index is 14.1. The molecule has 1 aromatic carbocycles. The van der Waals surface area contributed by atoms with Gasteiger partial charge in [-0.15, -0.1) is 0 Å². The summed E-state index contributed by atoms with van der Waals surface area (Å²) < 4.78 is 13.4. The quantitative estimate of drug-likeness (QED) is 0.416. The van der Waals surface area contributed by atoms with Gasteiger partial charge in [-0.25, -0.2) is 4.79 Å². The Bertz CT molecular complexity index is 1150. The zero-order valence-electron chi connectivity index (χ0n) is 24.2. The minimum atomic E-state index is -0.540. The smallest absolute Gasteiger partial charge is 0.410 e. The number of aryl methyl sites for hydroxylation is 1. The Kier molecular flexibility index (Phi) is 8.52. The van der Waals surface area contributed by atoms with Crippen molar-refractivity contribution in [2.75, 3.05) is 33.4 Å². The number of benzene rings is 1. The minimum Gasteiger partial charge on any atom is -0.444 e. The van der Waals surface area contributed by atoms with Gasteiger partial charge in [-0.05, 0) is 76.8 Å². The van der Waals surface area contributed by atoms with Gasteiger partial charge in [-0.1, -0.05) is 18.2 Å². The Morgan fingerprint density at radius 3 is 2.51 bits per heavy atom. The molecule has 0 bridgehead atoms. The molecule has 1 saturated heterocycles. The molecule has 5 rings (SSSR count). The molecule has 8 nitrogen and oxygen atoms in total. The molecule has 2 heterocycles. The molecule has 214 valence electrons. The van der Waals surface area contributed by atoms with Crippen LogP contribution in [0.2, 0.25) is 0 Å². The fraction of sp³-hybridized carbons (Fsp3) is 0.677. The third kappa shape index (κ3) is 7.14. The molecule has 8 heteroatoms. The number of nitrogens with zero attached hydrogens (tertiary/aromatic N) is 3. The molecule has 39 heavy (non-hydrogen) atoms. The van der Waals surface area contributed by atoms with Crippen LogP contribution in [0.15, 0.2) is 30.5 Å². The Morgan fingerprint density at radius 2 is 1.82 bits per heavy atom. The van der Waals surface area contributed by atoms with Gasteiger partial charge < -0.3 is 29.2 Å². The number of para-hydroxylation sites is 1. The molecule has 0 spiro atoms. The number of carbonyl (C=O) groups is 2. The molecule has 2 saturated carbocycles. The van der Waals surface area contributed by atoms with Crippen molar-refractivity contribution in [1.82, 2.24) is 19.7 Å². The molecule has 3 aliphatic rings. The summed E-state index contributed by atoms with van der Waals surface area (Å²) in [7, 11) is 1.74. The van der Waals surface area contributed by atoms with Crippen LogP contribution < -0.4 is 5.32 Å². The largest absolute Gasteiger partial charge is 0.444 e. The zero-order chi connectivity index (χ0) is 27.6. The topological polar surface area (TPSA) is 76.0 Å². The first-order valence-electron chi connectivity index (χ1n) is 14.8. The number of methoxy groups -OCH3 is 1. The second-order valence-electron chi connectivity index (χ2n) is 12.7. The first kappa shape index (κ1) is 28.0. The number of nitrogens with one attached hydrogen (secondary N) is 1. The third-order valence-electron chi connectivity index (χ3n) is 8.13. The molecular formula is C31H46N4O4. The highest BCUT2D eigenvalue weighted by Crippen LogP contribution is 2.35. The van der Waals surface area contributed by atoms with Crippen molar-refractivity contribution in [3.63, 3.8) is 0 Å². The Morgan fingerprint density at radius 1 is 1.05 bits per heavy atom. The first-order chi connectivity index (χ1) is 18.7. The fourth-order valence-electron chi connectivity index (χ4n) is 5.82. The van der Waals surface area contributed by atoms with Gasteiger partial charge in [0.1, 0.15) is 5.60 Å². The highest BCUT2D eigenvalue weighted by atomic mass is 16.6. The van der Waals surface area contributed by atoms with Crippen LogP contribution >= 0.6 is 0 Å². The van der Waals surface area contributed by atoms with Crippen LogP contribution in [0.1, 0.15) is 64.9 Å².